The maximum atomic E-state index is 12.9. The molecule has 11 heteroatoms. The third-order valence-corrected chi connectivity index (χ3v) is 11.5. The van der Waals surface area contributed by atoms with Crippen molar-refractivity contribution in [2.24, 2.45) is 0 Å². The van der Waals surface area contributed by atoms with E-state index in [0.29, 0.717) is 0 Å². The topological polar surface area (TPSA) is 149 Å². The van der Waals surface area contributed by atoms with Gasteiger partial charge in [-0.25, -0.2) is 0 Å². The molecule has 0 amide bonds. The quantitative estimate of drug-likeness (QED) is 0.267. The second kappa shape index (κ2) is 7.28. The Labute approximate surface area is 165 Å². The number of fused-ring (bicyclic) bond motifs is 1. The van der Waals surface area contributed by atoms with Gasteiger partial charge in [0.05, 0.1) is 0 Å². The van der Waals surface area contributed by atoms with Gasteiger partial charge in [0.2, 0.25) is 0 Å². The van der Waals surface area contributed by atoms with E-state index in [1.165, 1.54) is 13.2 Å². The van der Waals surface area contributed by atoms with E-state index in [9.17, 15) is 20.1 Å². The van der Waals surface area contributed by atoms with Crippen molar-refractivity contribution in [2.45, 2.75) is 24.5 Å². The molecule has 3 aromatic rings. The molecule has 1 aromatic carbocycles. The number of aromatic nitrogens is 4. The number of benzene rings is 1. The van der Waals surface area contributed by atoms with E-state index in [1.807, 2.05) is 30.3 Å². The molecule has 1 fully saturated rings. The first-order chi connectivity index (χ1) is 13.0. The van der Waals surface area contributed by atoms with Crippen molar-refractivity contribution < 1.29 is 44.9 Å². The summed E-state index contributed by atoms with van der Waals surface area (Å²) in [5.74, 6) is 0.0894. The predicted octanol–water partition coefficient (Wildman–Crippen LogP) is -2.04. The van der Waals surface area contributed by atoms with Gasteiger partial charge in [0, 0.05) is 0 Å². The molecule has 0 unspecified atom stereocenters. The van der Waals surface area contributed by atoms with Crippen LogP contribution in [0.2, 0.25) is 0 Å². The fourth-order valence-corrected chi connectivity index (χ4v) is 8.57. The first-order valence-electron chi connectivity index (χ1n) is 8.40. The van der Waals surface area contributed by atoms with Crippen LogP contribution in [-0.4, -0.2) is 57.1 Å². The minimum absolute atomic E-state index is 0.0894. The molecule has 0 radical (unpaired) electrons. The molecule has 0 bridgehead atoms. The monoisotopic (exact) mass is 561 g/mol. The summed E-state index contributed by atoms with van der Waals surface area (Å²) in [6, 6.07) is 9.68. The third kappa shape index (κ3) is 3.17. The van der Waals surface area contributed by atoms with Crippen LogP contribution in [0.1, 0.15) is 6.23 Å². The second-order valence-corrected chi connectivity index (χ2v) is 13.3. The van der Waals surface area contributed by atoms with Crippen molar-refractivity contribution in [2.75, 3.05) is 12.3 Å². The Kier molecular flexibility index (Phi) is 4.99. The summed E-state index contributed by atoms with van der Waals surface area (Å²) >= 11 is -2.08. The standard InChI is InChI=1S/C10H13N5O5.C6H5.Hg/c11-10-13-7-4(8(19)14-10)12-2-15(7)9-6(18)5(17)3(1-16)20-9;1-2-4-6-5-3-1;/h2-3,5-6,9,16-18H,1H2,(H3,11,13,14,19);1-5H;/q;;+1/p-1/t3-,5-,6-,9-;;/m1../s1. The molecule has 0 spiro atoms. The number of aliphatic hydroxyl groups is 3. The molecule has 0 aliphatic carbocycles. The van der Waals surface area contributed by atoms with Gasteiger partial charge in [0.1, 0.15) is 0 Å². The van der Waals surface area contributed by atoms with Gasteiger partial charge in [0.25, 0.3) is 0 Å². The Hall–Kier alpha value is -1.85. The summed E-state index contributed by atoms with van der Waals surface area (Å²) in [7, 11) is 0. The van der Waals surface area contributed by atoms with Crippen LogP contribution in [0.3, 0.4) is 0 Å². The molecule has 27 heavy (non-hydrogen) atoms. The molecule has 10 nitrogen and oxygen atoms in total. The SMILES string of the molecule is Nc1nc2c(ncn2[C@@H]2O[C@H](CO)[C@@H](O)[C@H]2O)c(=O)[n]1[Hg][c]1ccccc1. The Bertz CT molecular complexity index is 1020. The number of ether oxygens (including phenoxy) is 1. The van der Waals surface area contributed by atoms with Crippen LogP contribution < -0.4 is 14.4 Å². The van der Waals surface area contributed by atoms with E-state index in [2.05, 4.69) is 9.97 Å². The number of hydrogen-bond donors (Lipinski definition) is 4. The van der Waals surface area contributed by atoms with Gasteiger partial charge in [0.15, 0.2) is 0 Å². The van der Waals surface area contributed by atoms with Crippen molar-refractivity contribution in [3.63, 3.8) is 0 Å². The molecule has 5 N–H and O–H groups in total. The summed E-state index contributed by atoms with van der Waals surface area (Å²) in [5.41, 5.74) is 6.02. The molecule has 3 heterocycles. The Balaban J connectivity index is 1.76. The average Bonchev–Trinajstić information content (AvgIpc) is 3.21. The number of aliphatic hydroxyl groups excluding tert-OH is 3. The molecule has 4 atom stereocenters. The van der Waals surface area contributed by atoms with Crippen molar-refractivity contribution in [1.82, 2.24) is 16.9 Å². The van der Waals surface area contributed by atoms with Crippen molar-refractivity contribution in [1.29, 1.82) is 0 Å². The predicted molar refractivity (Wildman–Crippen MR) is 90.7 cm³/mol. The molecule has 1 aliphatic rings. The van der Waals surface area contributed by atoms with Crippen LogP contribution in [0.15, 0.2) is 41.5 Å². The first kappa shape index (κ1) is 18.5. The van der Waals surface area contributed by atoms with E-state index in [1.54, 1.807) is 0 Å². The van der Waals surface area contributed by atoms with Crippen LogP contribution in [-0.2, 0) is 29.6 Å². The van der Waals surface area contributed by atoms with E-state index < -0.39 is 56.0 Å². The molecule has 1 saturated heterocycles. The van der Waals surface area contributed by atoms with Gasteiger partial charge in [-0.05, 0) is 0 Å². The van der Waals surface area contributed by atoms with E-state index in [-0.39, 0.29) is 22.7 Å². The van der Waals surface area contributed by atoms with Crippen molar-refractivity contribution in [3.8, 4) is 0 Å². The molecule has 4 rings (SSSR count). The van der Waals surface area contributed by atoms with E-state index >= 15 is 0 Å². The van der Waals surface area contributed by atoms with Crippen LogP contribution in [0.25, 0.3) is 11.2 Å². The van der Waals surface area contributed by atoms with Gasteiger partial charge in [-0.3, -0.25) is 0 Å². The second-order valence-electron chi connectivity index (χ2n) is 6.40. The number of nitrogen functional groups attached to an aromatic ring is 1. The molecule has 2 aromatic heterocycles. The molecular formula is C16H17HgN5O5. The fraction of sp³-hybridized carbons (Fsp3) is 0.312. The zero-order valence-corrected chi connectivity index (χ0v) is 19.7. The zero-order valence-electron chi connectivity index (χ0n) is 14.2. The van der Waals surface area contributed by atoms with Gasteiger partial charge in [-0.1, -0.05) is 0 Å². The first-order valence-corrected chi connectivity index (χ1v) is 13.6. The van der Waals surface area contributed by atoms with Gasteiger partial charge >= 0.3 is 166 Å². The number of rotatable bonds is 4. The molecule has 138 valence electrons. The summed E-state index contributed by atoms with van der Waals surface area (Å²) in [6.45, 7) is -0.449. The normalized spacial score (nSPS) is 25.0. The van der Waals surface area contributed by atoms with Crippen LogP contribution in [0.5, 0.6) is 0 Å². The number of nitrogens with two attached hydrogens (primary N) is 1. The minimum atomic E-state index is -2.08. The Morgan fingerprint density at radius 1 is 1.22 bits per heavy atom. The van der Waals surface area contributed by atoms with E-state index in [4.69, 9.17) is 10.5 Å². The van der Waals surface area contributed by atoms with Crippen LogP contribution in [0, 0.1) is 0 Å². The number of anilines is 1. The Morgan fingerprint density at radius 2 is 1.96 bits per heavy atom. The summed E-state index contributed by atoms with van der Waals surface area (Å²) in [4.78, 5) is 21.3. The van der Waals surface area contributed by atoms with Crippen molar-refractivity contribution >= 4 is 20.2 Å². The average molecular weight is 560 g/mol. The summed E-state index contributed by atoms with van der Waals surface area (Å²) in [5, 5.41) is 29.4. The van der Waals surface area contributed by atoms with Gasteiger partial charge in [-0.2, -0.15) is 0 Å². The van der Waals surface area contributed by atoms with E-state index in [0.717, 1.165) is 3.07 Å². The number of hydrogen-bond acceptors (Lipinski definition) is 8. The third-order valence-electron chi connectivity index (χ3n) is 4.69. The van der Waals surface area contributed by atoms with Crippen molar-refractivity contribution in [3.05, 3.63) is 47.0 Å². The fourth-order valence-electron chi connectivity index (χ4n) is 3.23. The Morgan fingerprint density at radius 3 is 2.63 bits per heavy atom. The maximum absolute atomic E-state index is 12.9. The molecule has 0 saturated carbocycles. The van der Waals surface area contributed by atoms with Crippen LogP contribution >= 0.6 is 0 Å². The zero-order chi connectivity index (χ0) is 19.1. The molecule has 1 aliphatic heterocycles. The summed E-state index contributed by atoms with van der Waals surface area (Å²) < 4.78 is 9.49. The van der Waals surface area contributed by atoms with Gasteiger partial charge < -0.3 is 0 Å². The van der Waals surface area contributed by atoms with Gasteiger partial charge in [-0.15, -0.1) is 0 Å². The number of nitrogens with zero attached hydrogens (tertiary/aromatic N) is 4. The summed E-state index contributed by atoms with van der Waals surface area (Å²) in [6.07, 6.45) is -3.19. The molecular weight excluding hydrogens is 543 g/mol. The van der Waals surface area contributed by atoms with Crippen LogP contribution in [0.4, 0.5) is 5.95 Å². The number of imidazole rings is 1.